The molecule has 0 saturated heterocycles. The summed E-state index contributed by atoms with van der Waals surface area (Å²) >= 11 is 0. The van der Waals surface area contributed by atoms with Crippen molar-refractivity contribution in [1.29, 1.82) is 0 Å². The lowest BCUT2D eigenvalue weighted by Gasteiger charge is -2.16. The first-order chi connectivity index (χ1) is 11.2. The molecule has 0 unspecified atom stereocenters. The lowest BCUT2D eigenvalue weighted by atomic mass is 10.1. The van der Waals surface area contributed by atoms with E-state index in [1.807, 2.05) is 30.4 Å². The molecule has 0 aromatic heterocycles. The third kappa shape index (κ3) is 4.13. The van der Waals surface area contributed by atoms with Crippen LogP contribution < -0.4 is 9.47 Å². The van der Waals surface area contributed by atoms with Gasteiger partial charge >= 0.3 is 0 Å². The standard InChI is InChI=1S/C20H21FO2/c1-22-19-13-10-16(7-6-15-8-11-17(21)12-9-15)14-20(19)23-18-4-2-3-5-18/h6-14,18H,2-5H2,1H3. The summed E-state index contributed by atoms with van der Waals surface area (Å²) in [5.41, 5.74) is 1.99. The Morgan fingerprint density at radius 3 is 2.26 bits per heavy atom. The van der Waals surface area contributed by atoms with Crippen molar-refractivity contribution < 1.29 is 13.9 Å². The van der Waals surface area contributed by atoms with Gasteiger partial charge in [0.05, 0.1) is 13.2 Å². The molecule has 1 saturated carbocycles. The second-order valence-corrected chi connectivity index (χ2v) is 5.82. The molecule has 1 fully saturated rings. The summed E-state index contributed by atoms with van der Waals surface area (Å²) in [4.78, 5) is 0. The number of methoxy groups -OCH3 is 1. The molecule has 0 radical (unpaired) electrons. The Bertz CT molecular complexity index is 671. The second kappa shape index (κ2) is 7.32. The highest BCUT2D eigenvalue weighted by atomic mass is 19.1. The monoisotopic (exact) mass is 312 g/mol. The predicted molar refractivity (Wildman–Crippen MR) is 91.2 cm³/mol. The molecule has 0 aliphatic heterocycles. The largest absolute Gasteiger partial charge is 0.493 e. The normalized spacial score (nSPS) is 15.2. The molecule has 0 N–H and O–H groups in total. The van der Waals surface area contributed by atoms with E-state index in [-0.39, 0.29) is 5.82 Å². The molecule has 3 rings (SSSR count). The van der Waals surface area contributed by atoms with Crippen molar-refractivity contribution >= 4 is 12.2 Å². The third-order valence-electron chi connectivity index (χ3n) is 4.12. The minimum atomic E-state index is -0.223. The molecule has 0 amide bonds. The molecule has 0 spiro atoms. The summed E-state index contributed by atoms with van der Waals surface area (Å²) in [5, 5.41) is 0. The summed E-state index contributed by atoms with van der Waals surface area (Å²) in [5.74, 6) is 1.33. The summed E-state index contributed by atoms with van der Waals surface area (Å²) in [6.45, 7) is 0. The summed E-state index contributed by atoms with van der Waals surface area (Å²) in [6.07, 6.45) is 8.93. The van der Waals surface area contributed by atoms with Crippen LogP contribution in [0.15, 0.2) is 42.5 Å². The highest BCUT2D eigenvalue weighted by Gasteiger charge is 2.18. The molecular weight excluding hydrogens is 291 g/mol. The number of hydrogen-bond donors (Lipinski definition) is 0. The van der Waals surface area contributed by atoms with Crippen LogP contribution in [0.25, 0.3) is 12.2 Å². The Morgan fingerprint density at radius 1 is 0.913 bits per heavy atom. The van der Waals surface area contributed by atoms with Gasteiger partial charge in [-0.05, 0) is 61.1 Å². The molecule has 2 aromatic rings. The van der Waals surface area contributed by atoms with Crippen molar-refractivity contribution in [3.8, 4) is 11.5 Å². The zero-order chi connectivity index (χ0) is 16.1. The fourth-order valence-electron chi connectivity index (χ4n) is 2.84. The van der Waals surface area contributed by atoms with Crippen molar-refractivity contribution in [2.45, 2.75) is 31.8 Å². The Morgan fingerprint density at radius 2 is 1.57 bits per heavy atom. The first-order valence-corrected chi connectivity index (χ1v) is 8.03. The van der Waals surface area contributed by atoms with E-state index >= 15 is 0 Å². The lowest BCUT2D eigenvalue weighted by Crippen LogP contribution is -2.11. The van der Waals surface area contributed by atoms with E-state index in [2.05, 4.69) is 0 Å². The topological polar surface area (TPSA) is 18.5 Å². The average molecular weight is 312 g/mol. The molecular formula is C20H21FO2. The van der Waals surface area contributed by atoms with E-state index in [1.165, 1.54) is 25.0 Å². The highest BCUT2D eigenvalue weighted by Crippen LogP contribution is 2.32. The van der Waals surface area contributed by atoms with Gasteiger partial charge in [-0.3, -0.25) is 0 Å². The Labute approximate surface area is 136 Å². The zero-order valence-electron chi connectivity index (χ0n) is 13.3. The van der Waals surface area contributed by atoms with E-state index < -0.39 is 0 Å². The van der Waals surface area contributed by atoms with Gasteiger partial charge in [-0.2, -0.15) is 0 Å². The van der Waals surface area contributed by atoms with Crippen molar-refractivity contribution in [3.63, 3.8) is 0 Å². The van der Waals surface area contributed by atoms with Gasteiger partial charge in [-0.25, -0.2) is 4.39 Å². The van der Waals surface area contributed by atoms with E-state index in [0.717, 1.165) is 35.5 Å². The van der Waals surface area contributed by atoms with Gasteiger partial charge in [-0.15, -0.1) is 0 Å². The van der Waals surface area contributed by atoms with Crippen molar-refractivity contribution in [3.05, 3.63) is 59.4 Å². The van der Waals surface area contributed by atoms with Crippen LogP contribution in [-0.4, -0.2) is 13.2 Å². The van der Waals surface area contributed by atoms with Crippen LogP contribution in [0.2, 0.25) is 0 Å². The van der Waals surface area contributed by atoms with Crippen LogP contribution in [0.4, 0.5) is 4.39 Å². The summed E-state index contributed by atoms with van der Waals surface area (Å²) in [6, 6.07) is 12.3. The van der Waals surface area contributed by atoms with E-state index in [0.29, 0.717) is 6.10 Å². The minimum absolute atomic E-state index is 0.223. The number of hydrogen-bond acceptors (Lipinski definition) is 2. The number of rotatable bonds is 5. The van der Waals surface area contributed by atoms with Crippen molar-refractivity contribution in [2.24, 2.45) is 0 Å². The molecule has 0 heterocycles. The quantitative estimate of drug-likeness (QED) is 0.695. The first-order valence-electron chi connectivity index (χ1n) is 8.03. The van der Waals surface area contributed by atoms with E-state index in [1.54, 1.807) is 19.2 Å². The van der Waals surface area contributed by atoms with Gasteiger partial charge in [-0.1, -0.05) is 30.4 Å². The Hall–Kier alpha value is -2.29. The maximum Gasteiger partial charge on any atom is 0.162 e. The van der Waals surface area contributed by atoms with Gasteiger partial charge < -0.3 is 9.47 Å². The van der Waals surface area contributed by atoms with Crippen LogP contribution in [0.1, 0.15) is 36.8 Å². The van der Waals surface area contributed by atoms with Gasteiger partial charge in [0.15, 0.2) is 11.5 Å². The molecule has 2 aromatic carbocycles. The summed E-state index contributed by atoms with van der Waals surface area (Å²) in [7, 11) is 1.66. The molecule has 1 aliphatic rings. The molecule has 0 atom stereocenters. The smallest absolute Gasteiger partial charge is 0.162 e. The molecule has 120 valence electrons. The molecule has 0 bridgehead atoms. The van der Waals surface area contributed by atoms with Gasteiger partial charge in [0, 0.05) is 0 Å². The number of ether oxygens (including phenoxy) is 2. The first kappa shape index (κ1) is 15.6. The SMILES string of the molecule is COc1ccc(C=Cc2ccc(F)cc2)cc1OC1CCCC1. The maximum absolute atomic E-state index is 12.9. The summed E-state index contributed by atoms with van der Waals surface area (Å²) < 4.78 is 24.4. The maximum atomic E-state index is 12.9. The second-order valence-electron chi connectivity index (χ2n) is 5.82. The van der Waals surface area contributed by atoms with Gasteiger partial charge in [0.1, 0.15) is 5.82 Å². The fourth-order valence-corrected chi connectivity index (χ4v) is 2.84. The van der Waals surface area contributed by atoms with Crippen LogP contribution in [0.3, 0.4) is 0 Å². The highest BCUT2D eigenvalue weighted by molar-refractivity contribution is 5.70. The fraction of sp³-hybridized carbons (Fsp3) is 0.300. The number of benzene rings is 2. The third-order valence-corrected chi connectivity index (χ3v) is 4.12. The van der Waals surface area contributed by atoms with Crippen LogP contribution in [-0.2, 0) is 0 Å². The zero-order valence-corrected chi connectivity index (χ0v) is 13.3. The average Bonchev–Trinajstić information content (AvgIpc) is 3.07. The van der Waals surface area contributed by atoms with Crippen LogP contribution in [0, 0.1) is 5.82 Å². The van der Waals surface area contributed by atoms with E-state index in [9.17, 15) is 4.39 Å². The minimum Gasteiger partial charge on any atom is -0.493 e. The lowest BCUT2D eigenvalue weighted by molar-refractivity contribution is 0.201. The Kier molecular flexibility index (Phi) is 4.96. The molecule has 2 nitrogen and oxygen atoms in total. The van der Waals surface area contributed by atoms with Crippen LogP contribution >= 0.6 is 0 Å². The van der Waals surface area contributed by atoms with Gasteiger partial charge in [0.25, 0.3) is 0 Å². The van der Waals surface area contributed by atoms with E-state index in [4.69, 9.17) is 9.47 Å². The molecule has 23 heavy (non-hydrogen) atoms. The van der Waals surface area contributed by atoms with Crippen LogP contribution in [0.5, 0.6) is 11.5 Å². The Balaban J connectivity index is 1.77. The molecule has 1 aliphatic carbocycles. The molecule has 3 heteroatoms. The van der Waals surface area contributed by atoms with Crippen molar-refractivity contribution in [2.75, 3.05) is 7.11 Å². The number of halogens is 1. The predicted octanol–water partition coefficient (Wildman–Crippen LogP) is 5.33. The van der Waals surface area contributed by atoms with Gasteiger partial charge in [0.2, 0.25) is 0 Å². The van der Waals surface area contributed by atoms with Crippen molar-refractivity contribution in [1.82, 2.24) is 0 Å².